The third-order valence-electron chi connectivity index (χ3n) is 2.30. The van der Waals surface area contributed by atoms with Gasteiger partial charge < -0.3 is 0 Å². The van der Waals surface area contributed by atoms with E-state index in [1.165, 1.54) is 24.6 Å². The van der Waals surface area contributed by atoms with E-state index >= 15 is 0 Å². The highest BCUT2D eigenvalue weighted by molar-refractivity contribution is 7.20. The van der Waals surface area contributed by atoms with Gasteiger partial charge in [-0.05, 0) is 24.6 Å². The van der Waals surface area contributed by atoms with E-state index in [0.29, 0.717) is 0 Å². The summed E-state index contributed by atoms with van der Waals surface area (Å²) in [5, 5.41) is 0. The fraction of sp³-hybridized carbons (Fsp3) is 0.778. The molecule has 0 rings (SSSR count). The van der Waals surface area contributed by atoms with Crippen molar-refractivity contribution >= 4 is 18.5 Å². The van der Waals surface area contributed by atoms with Crippen molar-refractivity contribution in [2.45, 2.75) is 44.8 Å². The first-order valence-corrected chi connectivity index (χ1v) is 8.11. The molecule has 0 amide bonds. The molecule has 0 aliphatic heterocycles. The summed E-state index contributed by atoms with van der Waals surface area (Å²) in [7, 11) is -1.31. The van der Waals surface area contributed by atoms with Crippen LogP contribution >= 0.6 is 11.1 Å². The zero-order chi connectivity index (χ0) is 8.74. The van der Waals surface area contributed by atoms with Crippen LogP contribution in [0.3, 0.4) is 0 Å². The van der Waals surface area contributed by atoms with Crippen LogP contribution in [0.4, 0.5) is 0 Å². The van der Waals surface area contributed by atoms with Crippen LogP contribution in [0, 0.1) is 0 Å². The van der Waals surface area contributed by atoms with Gasteiger partial charge in [-0.25, -0.2) is 0 Å². The quantitative estimate of drug-likeness (QED) is 0.255. The molecular weight excluding hydrogens is 172 g/mol. The number of hydrogen-bond acceptors (Lipinski definition) is 0. The minimum Gasteiger partial charge on any atom is -0.167 e. The highest BCUT2D eigenvalue weighted by atomic mass is 35.6. The van der Waals surface area contributed by atoms with Crippen molar-refractivity contribution < 1.29 is 0 Å². The topological polar surface area (TPSA) is 0 Å². The van der Waals surface area contributed by atoms with E-state index < -0.39 is 7.38 Å². The molecule has 0 heterocycles. The molecule has 0 aromatic heterocycles. The number of hydrogen-bond donors (Lipinski definition) is 0. The lowest BCUT2D eigenvalue weighted by Gasteiger charge is -2.19. The summed E-state index contributed by atoms with van der Waals surface area (Å²) < 4.78 is 0. The summed E-state index contributed by atoms with van der Waals surface area (Å²) in [6, 6.07) is 3.68. The largest absolute Gasteiger partial charge is 0.167 e. The lowest BCUT2D eigenvalue weighted by molar-refractivity contribution is 0.930. The van der Waals surface area contributed by atoms with E-state index in [0.717, 1.165) is 6.42 Å². The fourth-order valence-electron chi connectivity index (χ4n) is 1.17. The summed E-state index contributed by atoms with van der Waals surface area (Å²) in [6.45, 7) is 8.14. The average molecular weight is 191 g/mol. The molecule has 0 fully saturated rings. The van der Waals surface area contributed by atoms with Crippen LogP contribution in [0.25, 0.3) is 0 Å². The molecule has 0 nitrogen and oxygen atoms in total. The van der Waals surface area contributed by atoms with Crippen LogP contribution in [0.1, 0.15) is 26.7 Å². The van der Waals surface area contributed by atoms with Gasteiger partial charge in [0.15, 0.2) is 7.38 Å². The van der Waals surface area contributed by atoms with E-state index in [9.17, 15) is 0 Å². The Labute approximate surface area is 76.4 Å². The normalized spacial score (nSPS) is 11.5. The summed E-state index contributed by atoms with van der Waals surface area (Å²) >= 11 is 6.45. The Bertz CT molecular complexity index is 108. The van der Waals surface area contributed by atoms with Gasteiger partial charge >= 0.3 is 0 Å². The summed E-state index contributed by atoms with van der Waals surface area (Å²) in [5.41, 5.74) is 0. The Morgan fingerprint density at radius 1 is 1.36 bits per heavy atom. The molecule has 0 aromatic rings. The Morgan fingerprint density at radius 2 is 1.91 bits per heavy atom. The van der Waals surface area contributed by atoms with Crippen LogP contribution in [0.5, 0.6) is 0 Å². The second-order valence-electron chi connectivity index (χ2n) is 3.04. The standard InChI is InChI=1S/C9H19ClSi/c1-4-7-8-9-11(10,5-2)6-3/h4H,1,5-9H2,2-3H3. The van der Waals surface area contributed by atoms with Gasteiger partial charge in [-0.3, -0.25) is 0 Å². The minimum atomic E-state index is -1.31. The lowest BCUT2D eigenvalue weighted by Crippen LogP contribution is -2.23. The molecule has 0 atom stereocenters. The van der Waals surface area contributed by atoms with Gasteiger partial charge in [-0.1, -0.05) is 26.3 Å². The highest BCUT2D eigenvalue weighted by Crippen LogP contribution is 2.26. The van der Waals surface area contributed by atoms with Crippen LogP contribution in [0.2, 0.25) is 18.1 Å². The molecule has 0 aliphatic rings. The number of allylic oxidation sites excluding steroid dienone is 1. The number of unbranched alkanes of at least 4 members (excludes halogenated alkanes) is 1. The first kappa shape index (κ1) is 11.2. The first-order valence-electron chi connectivity index (χ1n) is 4.48. The maximum absolute atomic E-state index is 6.45. The minimum absolute atomic E-state index is 1.13. The van der Waals surface area contributed by atoms with Gasteiger partial charge in [0.1, 0.15) is 0 Å². The van der Waals surface area contributed by atoms with Gasteiger partial charge in [0.25, 0.3) is 0 Å². The molecule has 0 aliphatic carbocycles. The zero-order valence-corrected chi connectivity index (χ0v) is 9.45. The molecule has 0 unspecified atom stereocenters. The molecule has 11 heavy (non-hydrogen) atoms. The summed E-state index contributed by atoms with van der Waals surface area (Å²) in [5.74, 6) is 0. The Kier molecular flexibility index (Phi) is 5.97. The smallest absolute Gasteiger partial charge is 0.156 e. The van der Waals surface area contributed by atoms with E-state index in [2.05, 4.69) is 20.4 Å². The molecule has 0 bridgehead atoms. The van der Waals surface area contributed by atoms with Crippen LogP contribution in [-0.2, 0) is 0 Å². The molecule has 2 heteroatoms. The van der Waals surface area contributed by atoms with Gasteiger partial charge in [-0.2, -0.15) is 11.1 Å². The third-order valence-corrected chi connectivity index (χ3v) is 8.26. The fourth-order valence-corrected chi connectivity index (χ4v) is 3.61. The van der Waals surface area contributed by atoms with E-state index in [1.807, 2.05) is 6.08 Å². The van der Waals surface area contributed by atoms with Gasteiger partial charge in [0.2, 0.25) is 0 Å². The Morgan fingerprint density at radius 3 is 2.27 bits per heavy atom. The molecule has 66 valence electrons. The number of halogens is 1. The van der Waals surface area contributed by atoms with E-state index in [-0.39, 0.29) is 0 Å². The molecule has 0 aromatic carbocycles. The number of rotatable bonds is 6. The van der Waals surface area contributed by atoms with Crippen LogP contribution in [-0.4, -0.2) is 7.38 Å². The molecule has 0 saturated heterocycles. The predicted octanol–water partition coefficient (Wildman–Crippen LogP) is 4.18. The van der Waals surface area contributed by atoms with Crippen molar-refractivity contribution in [3.8, 4) is 0 Å². The monoisotopic (exact) mass is 190 g/mol. The van der Waals surface area contributed by atoms with Crippen molar-refractivity contribution in [3.63, 3.8) is 0 Å². The molecule has 0 spiro atoms. The van der Waals surface area contributed by atoms with E-state index in [4.69, 9.17) is 11.1 Å². The average Bonchev–Trinajstić information content (AvgIpc) is 2.05. The van der Waals surface area contributed by atoms with Crippen molar-refractivity contribution in [3.05, 3.63) is 12.7 Å². The van der Waals surface area contributed by atoms with Gasteiger partial charge in [0.05, 0.1) is 0 Å². The van der Waals surface area contributed by atoms with E-state index in [1.54, 1.807) is 0 Å². The first-order chi connectivity index (χ1) is 5.18. The highest BCUT2D eigenvalue weighted by Gasteiger charge is 2.24. The molecule has 0 radical (unpaired) electrons. The van der Waals surface area contributed by atoms with Crippen LogP contribution in [0.15, 0.2) is 12.7 Å². The van der Waals surface area contributed by atoms with Crippen LogP contribution < -0.4 is 0 Å². The molecular formula is C9H19ClSi. The summed E-state index contributed by atoms with van der Waals surface area (Å²) in [6.07, 6.45) is 4.35. The van der Waals surface area contributed by atoms with Crippen molar-refractivity contribution in [2.75, 3.05) is 0 Å². The molecule has 0 N–H and O–H groups in total. The van der Waals surface area contributed by atoms with Crippen molar-refractivity contribution in [1.29, 1.82) is 0 Å². The lowest BCUT2D eigenvalue weighted by atomic mass is 10.3. The maximum Gasteiger partial charge on any atom is 0.156 e. The van der Waals surface area contributed by atoms with Crippen molar-refractivity contribution in [2.24, 2.45) is 0 Å². The Balaban J connectivity index is 3.59. The predicted molar refractivity (Wildman–Crippen MR) is 56.8 cm³/mol. The van der Waals surface area contributed by atoms with Crippen molar-refractivity contribution in [1.82, 2.24) is 0 Å². The third kappa shape index (κ3) is 4.65. The summed E-state index contributed by atoms with van der Waals surface area (Å²) in [4.78, 5) is 0. The second kappa shape index (κ2) is 5.84. The maximum atomic E-state index is 6.45. The molecule has 0 saturated carbocycles. The van der Waals surface area contributed by atoms with Gasteiger partial charge in [-0.15, -0.1) is 6.58 Å². The zero-order valence-electron chi connectivity index (χ0n) is 7.70. The SMILES string of the molecule is C=CCCC[Si](Cl)(CC)CC. The second-order valence-corrected chi connectivity index (χ2v) is 9.66. The Hall–Kier alpha value is 0.247. The van der Waals surface area contributed by atoms with Gasteiger partial charge in [0, 0.05) is 0 Å².